The number of thiophene rings is 1. The molecule has 0 atom stereocenters. The predicted molar refractivity (Wildman–Crippen MR) is 81.1 cm³/mol. The van der Waals surface area contributed by atoms with Gasteiger partial charge in [0.15, 0.2) is 0 Å². The molecule has 0 unspecified atom stereocenters. The Morgan fingerprint density at radius 1 is 1.26 bits per heavy atom. The van der Waals surface area contributed by atoms with Crippen LogP contribution in [0.2, 0.25) is 0 Å². The summed E-state index contributed by atoms with van der Waals surface area (Å²) in [5.74, 6) is 0. The fourth-order valence-corrected chi connectivity index (χ4v) is 3.18. The van der Waals surface area contributed by atoms with E-state index in [9.17, 15) is 8.42 Å². The van der Waals surface area contributed by atoms with E-state index < -0.39 is 10.0 Å². The number of nitrogens with zero attached hydrogens (tertiary/aromatic N) is 1. The van der Waals surface area contributed by atoms with Gasteiger partial charge < -0.3 is 0 Å². The lowest BCUT2D eigenvalue weighted by Gasteiger charge is -2.02. The van der Waals surface area contributed by atoms with Crippen molar-refractivity contribution in [2.45, 2.75) is 11.8 Å². The van der Waals surface area contributed by atoms with E-state index in [0.29, 0.717) is 0 Å². The van der Waals surface area contributed by atoms with Crippen molar-refractivity contribution in [3.63, 3.8) is 0 Å². The highest BCUT2D eigenvalue weighted by molar-refractivity contribution is 9.10. The molecule has 0 saturated heterocycles. The molecular weight excluding hydrogens is 348 g/mol. The zero-order chi connectivity index (χ0) is 13.9. The molecule has 0 aliphatic heterocycles. The molecule has 0 amide bonds. The van der Waals surface area contributed by atoms with Crippen molar-refractivity contribution in [2.75, 3.05) is 0 Å². The summed E-state index contributed by atoms with van der Waals surface area (Å²) in [6.07, 6.45) is 1.51. The summed E-state index contributed by atoms with van der Waals surface area (Å²) in [4.78, 5) is 3.30. The summed E-state index contributed by atoms with van der Waals surface area (Å²) in [6.45, 7) is 1.95. The number of sulfonamides is 1. The summed E-state index contributed by atoms with van der Waals surface area (Å²) in [6, 6.07) is 8.31. The molecule has 1 aromatic heterocycles. The second kappa shape index (κ2) is 5.85. The van der Waals surface area contributed by atoms with Crippen molar-refractivity contribution < 1.29 is 8.42 Å². The molecule has 0 aliphatic rings. The molecule has 2 aromatic rings. The van der Waals surface area contributed by atoms with Crippen LogP contribution < -0.4 is 4.83 Å². The smallest absolute Gasteiger partial charge is 0.200 e. The standard InChI is InChI=1S/C12H11BrN2O2S2/c1-9-6-7-18-12(9)8-14-15-19(16,17)11-4-2-10(13)3-5-11/h2-8,15H,1H3. The molecule has 19 heavy (non-hydrogen) atoms. The molecule has 4 nitrogen and oxygen atoms in total. The number of aryl methyl sites for hydroxylation is 1. The van der Waals surface area contributed by atoms with Crippen molar-refractivity contribution in [3.8, 4) is 0 Å². The van der Waals surface area contributed by atoms with E-state index >= 15 is 0 Å². The van der Waals surface area contributed by atoms with E-state index in [0.717, 1.165) is 14.9 Å². The molecule has 100 valence electrons. The van der Waals surface area contributed by atoms with Gasteiger partial charge in [0.1, 0.15) is 0 Å². The minimum Gasteiger partial charge on any atom is -0.200 e. The average Bonchev–Trinajstić information content (AvgIpc) is 2.75. The van der Waals surface area contributed by atoms with Gasteiger partial charge in [-0.05, 0) is 48.2 Å². The maximum Gasteiger partial charge on any atom is 0.276 e. The van der Waals surface area contributed by atoms with Crippen LogP contribution >= 0.6 is 27.3 Å². The lowest BCUT2D eigenvalue weighted by Crippen LogP contribution is -2.18. The van der Waals surface area contributed by atoms with E-state index in [2.05, 4.69) is 25.9 Å². The Hall–Kier alpha value is -1.18. The Morgan fingerprint density at radius 2 is 1.95 bits per heavy atom. The highest BCUT2D eigenvalue weighted by Crippen LogP contribution is 2.15. The van der Waals surface area contributed by atoms with Crippen LogP contribution in [0.4, 0.5) is 0 Å². The van der Waals surface area contributed by atoms with Crippen molar-refractivity contribution in [1.29, 1.82) is 0 Å². The second-order valence-electron chi connectivity index (χ2n) is 3.77. The first-order valence-corrected chi connectivity index (χ1v) is 8.49. The molecule has 0 radical (unpaired) electrons. The lowest BCUT2D eigenvalue weighted by atomic mass is 10.3. The molecule has 0 spiro atoms. The molecular formula is C12H11BrN2O2S2. The minimum absolute atomic E-state index is 0.177. The Kier molecular flexibility index (Phi) is 4.38. The normalized spacial score (nSPS) is 11.9. The van der Waals surface area contributed by atoms with E-state index in [1.807, 2.05) is 18.4 Å². The van der Waals surface area contributed by atoms with Gasteiger partial charge in [0, 0.05) is 4.47 Å². The lowest BCUT2D eigenvalue weighted by molar-refractivity contribution is 0.584. The summed E-state index contributed by atoms with van der Waals surface area (Å²) in [5.41, 5.74) is 1.07. The van der Waals surface area contributed by atoms with Crippen LogP contribution in [0.5, 0.6) is 0 Å². The maximum absolute atomic E-state index is 11.9. The Labute approximate surface area is 124 Å². The first-order chi connectivity index (χ1) is 8.99. The zero-order valence-electron chi connectivity index (χ0n) is 10.00. The van der Waals surface area contributed by atoms with Gasteiger partial charge in [-0.3, -0.25) is 0 Å². The van der Waals surface area contributed by atoms with Gasteiger partial charge in [0.05, 0.1) is 16.0 Å². The average molecular weight is 359 g/mol. The molecule has 1 aromatic carbocycles. The van der Waals surface area contributed by atoms with Gasteiger partial charge in [0.2, 0.25) is 0 Å². The van der Waals surface area contributed by atoms with E-state index in [-0.39, 0.29) is 4.90 Å². The quantitative estimate of drug-likeness (QED) is 0.674. The number of hydrazone groups is 1. The van der Waals surface area contributed by atoms with E-state index in [1.54, 1.807) is 12.1 Å². The Balaban J connectivity index is 2.12. The maximum atomic E-state index is 11.9. The zero-order valence-corrected chi connectivity index (χ0v) is 13.2. The van der Waals surface area contributed by atoms with Crippen LogP contribution in [0.1, 0.15) is 10.4 Å². The summed E-state index contributed by atoms with van der Waals surface area (Å²) >= 11 is 4.76. The second-order valence-corrected chi connectivity index (χ2v) is 7.30. The van der Waals surface area contributed by atoms with Crippen LogP contribution in [0.25, 0.3) is 0 Å². The molecule has 2 rings (SSSR count). The third kappa shape index (κ3) is 3.65. The fraction of sp³-hybridized carbons (Fsp3) is 0.0833. The van der Waals surface area contributed by atoms with Gasteiger partial charge in [0.25, 0.3) is 10.0 Å². The summed E-state index contributed by atoms with van der Waals surface area (Å²) in [7, 11) is -3.61. The molecule has 0 fully saturated rings. The van der Waals surface area contributed by atoms with Gasteiger partial charge in [-0.25, -0.2) is 4.83 Å². The minimum atomic E-state index is -3.61. The first-order valence-electron chi connectivity index (χ1n) is 5.33. The van der Waals surface area contributed by atoms with Crippen molar-refractivity contribution in [1.82, 2.24) is 4.83 Å². The summed E-state index contributed by atoms with van der Waals surface area (Å²) < 4.78 is 24.7. The molecule has 0 bridgehead atoms. The number of hydrogen-bond acceptors (Lipinski definition) is 4. The number of hydrogen-bond donors (Lipinski definition) is 1. The van der Waals surface area contributed by atoms with Gasteiger partial charge >= 0.3 is 0 Å². The Morgan fingerprint density at radius 3 is 2.53 bits per heavy atom. The van der Waals surface area contributed by atoms with Crippen LogP contribution in [0, 0.1) is 6.92 Å². The van der Waals surface area contributed by atoms with E-state index in [4.69, 9.17) is 0 Å². The number of nitrogens with one attached hydrogen (secondary N) is 1. The largest absolute Gasteiger partial charge is 0.276 e. The predicted octanol–water partition coefficient (Wildman–Crippen LogP) is 3.13. The topological polar surface area (TPSA) is 58.5 Å². The van der Waals surface area contributed by atoms with Gasteiger partial charge in [-0.15, -0.1) is 11.3 Å². The third-order valence-electron chi connectivity index (χ3n) is 2.38. The first kappa shape index (κ1) is 14.2. The van der Waals surface area contributed by atoms with E-state index in [1.165, 1.54) is 29.7 Å². The molecule has 0 saturated carbocycles. The molecule has 0 aliphatic carbocycles. The van der Waals surface area contributed by atoms with Gasteiger partial charge in [-0.2, -0.15) is 13.5 Å². The van der Waals surface area contributed by atoms with Crippen LogP contribution in [-0.2, 0) is 10.0 Å². The monoisotopic (exact) mass is 358 g/mol. The third-order valence-corrected chi connectivity index (χ3v) is 5.10. The SMILES string of the molecule is Cc1ccsc1C=NNS(=O)(=O)c1ccc(Br)cc1. The number of halogens is 1. The van der Waals surface area contributed by atoms with Crippen molar-refractivity contribution in [2.24, 2.45) is 5.10 Å². The fourth-order valence-electron chi connectivity index (χ4n) is 1.34. The highest BCUT2D eigenvalue weighted by Gasteiger charge is 2.11. The van der Waals surface area contributed by atoms with Crippen molar-refractivity contribution >= 4 is 43.5 Å². The van der Waals surface area contributed by atoms with Gasteiger partial charge in [-0.1, -0.05) is 15.9 Å². The van der Waals surface area contributed by atoms with Crippen LogP contribution in [0.3, 0.4) is 0 Å². The molecule has 1 heterocycles. The number of rotatable bonds is 4. The molecule has 7 heteroatoms. The number of benzene rings is 1. The van der Waals surface area contributed by atoms with Crippen LogP contribution in [-0.4, -0.2) is 14.6 Å². The summed E-state index contributed by atoms with van der Waals surface area (Å²) in [5, 5.41) is 5.71. The van der Waals surface area contributed by atoms with Crippen molar-refractivity contribution in [3.05, 3.63) is 50.6 Å². The van der Waals surface area contributed by atoms with Crippen LogP contribution in [0.15, 0.2) is 50.2 Å². The Bertz CT molecular complexity index is 691. The molecule has 1 N–H and O–H groups in total. The highest BCUT2D eigenvalue weighted by atomic mass is 79.9.